The van der Waals surface area contributed by atoms with Crippen LogP contribution in [0.1, 0.15) is 33.1 Å². The summed E-state index contributed by atoms with van der Waals surface area (Å²) in [5.41, 5.74) is -0.687. The number of hydrogen-bond donors (Lipinski definition) is 1. The van der Waals surface area contributed by atoms with Crippen LogP contribution in [0.4, 0.5) is 4.79 Å². The zero-order chi connectivity index (χ0) is 11.5. The summed E-state index contributed by atoms with van der Waals surface area (Å²) in [7, 11) is 0. The van der Waals surface area contributed by atoms with Gasteiger partial charge in [-0.15, -0.1) is 12.3 Å². The normalized spacial score (nSPS) is 18.9. The first-order chi connectivity index (χ1) is 7.12. The highest BCUT2D eigenvalue weighted by atomic mass is 16.2. The first-order valence-electron chi connectivity index (χ1n) is 5.19. The van der Waals surface area contributed by atoms with Gasteiger partial charge in [-0.2, -0.15) is 0 Å². The molecule has 0 aromatic heterocycles. The van der Waals surface area contributed by atoms with Gasteiger partial charge in [0.25, 0.3) is 5.91 Å². The fourth-order valence-electron chi connectivity index (χ4n) is 2.04. The minimum atomic E-state index is -0.687. The van der Waals surface area contributed by atoms with Crippen molar-refractivity contribution >= 4 is 11.9 Å². The van der Waals surface area contributed by atoms with Gasteiger partial charge >= 0.3 is 6.03 Å². The molecular formula is C11H16N2O2. The molecule has 1 heterocycles. The van der Waals surface area contributed by atoms with Crippen LogP contribution in [0.2, 0.25) is 0 Å². The van der Waals surface area contributed by atoms with Crippen molar-refractivity contribution in [2.45, 2.75) is 38.6 Å². The minimum Gasteiger partial charge on any atom is -0.309 e. The molecule has 0 atom stereocenters. The van der Waals surface area contributed by atoms with Gasteiger partial charge in [-0.05, 0) is 12.8 Å². The van der Waals surface area contributed by atoms with Crippen molar-refractivity contribution < 1.29 is 9.59 Å². The quantitative estimate of drug-likeness (QED) is 0.556. The van der Waals surface area contributed by atoms with Crippen LogP contribution < -0.4 is 5.32 Å². The smallest absolute Gasteiger partial charge is 0.309 e. The molecule has 0 aromatic carbocycles. The van der Waals surface area contributed by atoms with Crippen LogP contribution in [0.5, 0.6) is 0 Å². The molecule has 1 fully saturated rings. The van der Waals surface area contributed by atoms with E-state index in [1.165, 1.54) is 0 Å². The second-order valence-corrected chi connectivity index (χ2v) is 3.60. The lowest BCUT2D eigenvalue weighted by atomic mass is 9.91. The molecule has 0 bridgehead atoms. The molecule has 3 amide bonds. The van der Waals surface area contributed by atoms with E-state index in [9.17, 15) is 9.59 Å². The second kappa shape index (κ2) is 4.35. The van der Waals surface area contributed by atoms with Crippen LogP contribution in [-0.2, 0) is 4.79 Å². The van der Waals surface area contributed by atoms with E-state index in [1.54, 1.807) is 4.90 Å². The first kappa shape index (κ1) is 11.6. The number of imide groups is 1. The van der Waals surface area contributed by atoms with Crippen LogP contribution in [0.3, 0.4) is 0 Å². The van der Waals surface area contributed by atoms with Crippen molar-refractivity contribution in [3.05, 3.63) is 0 Å². The molecule has 15 heavy (non-hydrogen) atoms. The zero-order valence-electron chi connectivity index (χ0n) is 9.17. The van der Waals surface area contributed by atoms with Crippen molar-refractivity contribution in [1.29, 1.82) is 0 Å². The van der Waals surface area contributed by atoms with E-state index < -0.39 is 5.54 Å². The summed E-state index contributed by atoms with van der Waals surface area (Å²) in [4.78, 5) is 24.8. The molecule has 0 saturated carbocycles. The lowest BCUT2D eigenvalue weighted by Gasteiger charge is -2.33. The first-order valence-corrected chi connectivity index (χ1v) is 5.19. The number of amides is 3. The Balaban J connectivity index is 2.94. The third kappa shape index (κ3) is 1.70. The summed E-state index contributed by atoms with van der Waals surface area (Å²) in [6, 6.07) is -0.320. The summed E-state index contributed by atoms with van der Waals surface area (Å²) in [6.45, 7) is 4.25. The molecule has 0 unspecified atom stereocenters. The number of urea groups is 1. The highest BCUT2D eigenvalue weighted by Gasteiger charge is 2.49. The lowest BCUT2D eigenvalue weighted by Crippen LogP contribution is -2.49. The summed E-state index contributed by atoms with van der Waals surface area (Å²) >= 11 is 0. The van der Waals surface area contributed by atoms with Gasteiger partial charge in [-0.3, -0.25) is 10.1 Å². The Morgan fingerprint density at radius 1 is 1.40 bits per heavy atom. The summed E-state index contributed by atoms with van der Waals surface area (Å²) in [6.07, 6.45) is 6.87. The lowest BCUT2D eigenvalue weighted by molar-refractivity contribution is -0.127. The van der Waals surface area contributed by atoms with E-state index >= 15 is 0 Å². The molecule has 0 aliphatic carbocycles. The van der Waals surface area contributed by atoms with Gasteiger partial charge in [0.05, 0.1) is 0 Å². The molecular weight excluding hydrogens is 192 g/mol. The molecule has 1 N–H and O–H groups in total. The maximum Gasteiger partial charge on any atom is 0.325 e. The summed E-state index contributed by atoms with van der Waals surface area (Å²) in [5, 5.41) is 2.35. The Bertz CT molecular complexity index is 313. The van der Waals surface area contributed by atoms with Crippen molar-refractivity contribution in [3.8, 4) is 12.3 Å². The standard InChI is InChI=1S/C11H16N2O2/c1-4-7-8-13-10(15)12-9(14)11(13,5-2)6-3/h1H,5-8H2,2-3H3,(H,12,14,15). The van der Waals surface area contributed by atoms with E-state index in [0.717, 1.165) is 0 Å². The molecule has 0 spiro atoms. The topological polar surface area (TPSA) is 49.4 Å². The van der Waals surface area contributed by atoms with E-state index in [0.29, 0.717) is 25.8 Å². The van der Waals surface area contributed by atoms with Crippen LogP contribution in [0.15, 0.2) is 0 Å². The van der Waals surface area contributed by atoms with E-state index in [4.69, 9.17) is 6.42 Å². The number of nitrogens with one attached hydrogen (secondary N) is 1. The molecule has 1 rings (SSSR count). The molecule has 4 heteroatoms. The molecule has 1 aliphatic rings. The molecule has 4 nitrogen and oxygen atoms in total. The molecule has 1 saturated heterocycles. The zero-order valence-corrected chi connectivity index (χ0v) is 9.17. The maximum absolute atomic E-state index is 11.7. The third-order valence-corrected chi connectivity index (χ3v) is 3.05. The Labute approximate surface area is 90.0 Å². The van der Waals surface area contributed by atoms with E-state index in [1.807, 2.05) is 13.8 Å². The Morgan fingerprint density at radius 3 is 2.47 bits per heavy atom. The summed E-state index contributed by atoms with van der Waals surface area (Å²) < 4.78 is 0. The minimum absolute atomic E-state index is 0.200. The van der Waals surface area contributed by atoms with Crippen LogP contribution >= 0.6 is 0 Å². The van der Waals surface area contributed by atoms with Gasteiger partial charge in [0, 0.05) is 13.0 Å². The highest BCUT2D eigenvalue weighted by molar-refractivity contribution is 6.06. The van der Waals surface area contributed by atoms with Gasteiger partial charge in [0.15, 0.2) is 0 Å². The highest BCUT2D eigenvalue weighted by Crippen LogP contribution is 2.29. The number of hydrogen-bond acceptors (Lipinski definition) is 2. The number of nitrogens with zero attached hydrogens (tertiary/aromatic N) is 1. The number of rotatable bonds is 4. The van der Waals surface area contributed by atoms with Gasteiger partial charge in [0.2, 0.25) is 0 Å². The van der Waals surface area contributed by atoms with Crippen molar-refractivity contribution in [2.24, 2.45) is 0 Å². The SMILES string of the molecule is C#CCCN1C(=O)NC(=O)C1(CC)CC. The van der Waals surface area contributed by atoms with E-state index in [2.05, 4.69) is 11.2 Å². The fourth-order valence-corrected chi connectivity index (χ4v) is 2.04. The third-order valence-electron chi connectivity index (χ3n) is 3.05. The summed E-state index contributed by atoms with van der Waals surface area (Å²) in [5.74, 6) is 2.28. The van der Waals surface area contributed by atoms with Crippen molar-refractivity contribution in [1.82, 2.24) is 10.2 Å². The second-order valence-electron chi connectivity index (χ2n) is 3.60. The van der Waals surface area contributed by atoms with Crippen LogP contribution in [-0.4, -0.2) is 28.9 Å². The molecule has 1 aliphatic heterocycles. The Kier molecular flexibility index (Phi) is 3.35. The Morgan fingerprint density at radius 2 is 2.00 bits per heavy atom. The molecule has 0 radical (unpaired) electrons. The van der Waals surface area contributed by atoms with Gasteiger partial charge in [0.1, 0.15) is 5.54 Å². The predicted molar refractivity (Wildman–Crippen MR) is 57.0 cm³/mol. The molecule has 0 aromatic rings. The molecule has 82 valence electrons. The maximum atomic E-state index is 11.7. The number of carbonyl (C=O) groups excluding carboxylic acids is 2. The van der Waals surface area contributed by atoms with Crippen LogP contribution in [0, 0.1) is 12.3 Å². The van der Waals surface area contributed by atoms with Gasteiger partial charge in [-0.1, -0.05) is 13.8 Å². The van der Waals surface area contributed by atoms with Crippen LogP contribution in [0.25, 0.3) is 0 Å². The average molecular weight is 208 g/mol. The van der Waals surface area contributed by atoms with Gasteiger partial charge in [-0.25, -0.2) is 4.79 Å². The predicted octanol–water partition coefficient (Wildman–Crippen LogP) is 1.12. The Hall–Kier alpha value is -1.50. The average Bonchev–Trinajstić information content (AvgIpc) is 2.47. The monoisotopic (exact) mass is 208 g/mol. The fraction of sp³-hybridized carbons (Fsp3) is 0.636. The van der Waals surface area contributed by atoms with Crippen molar-refractivity contribution in [2.75, 3.05) is 6.54 Å². The van der Waals surface area contributed by atoms with E-state index in [-0.39, 0.29) is 11.9 Å². The number of terminal acetylenes is 1. The van der Waals surface area contributed by atoms with Gasteiger partial charge < -0.3 is 4.90 Å². The largest absolute Gasteiger partial charge is 0.325 e. The van der Waals surface area contributed by atoms with Crippen molar-refractivity contribution in [3.63, 3.8) is 0 Å². The number of carbonyl (C=O) groups is 2.